The van der Waals surface area contributed by atoms with E-state index in [0.717, 1.165) is 13.0 Å². The molecule has 1 aliphatic rings. The quantitative estimate of drug-likeness (QED) is 0.902. The Bertz CT molecular complexity index is 626. The molecule has 0 fully saturated rings. The third kappa shape index (κ3) is 3.43. The molecule has 3 rings (SSSR count). The predicted molar refractivity (Wildman–Crippen MR) is 83.7 cm³/mol. The van der Waals surface area contributed by atoms with Crippen molar-refractivity contribution in [2.45, 2.75) is 12.5 Å². The van der Waals surface area contributed by atoms with Crippen LogP contribution in [-0.2, 0) is 13.5 Å². The number of nitrogens with zero attached hydrogens (tertiary/aromatic N) is 2. The summed E-state index contributed by atoms with van der Waals surface area (Å²) in [4.78, 5) is 16.1. The van der Waals surface area contributed by atoms with E-state index in [1.54, 1.807) is 17.1 Å². The summed E-state index contributed by atoms with van der Waals surface area (Å²) in [6, 6.07) is 8.56. The van der Waals surface area contributed by atoms with Crippen LogP contribution in [0.1, 0.15) is 27.7 Å². The molecular formula is C15H19ClN4O. The van der Waals surface area contributed by atoms with Crippen molar-refractivity contribution >= 4 is 18.3 Å². The molecule has 2 heterocycles. The van der Waals surface area contributed by atoms with Crippen molar-refractivity contribution in [1.82, 2.24) is 20.2 Å². The van der Waals surface area contributed by atoms with Crippen molar-refractivity contribution in [2.75, 3.05) is 13.1 Å². The van der Waals surface area contributed by atoms with Gasteiger partial charge in [0.05, 0.1) is 6.33 Å². The van der Waals surface area contributed by atoms with Crippen LogP contribution in [-0.4, -0.2) is 28.5 Å². The molecule has 2 N–H and O–H groups in total. The first kappa shape index (κ1) is 15.5. The molecule has 0 saturated heterocycles. The normalized spacial score (nSPS) is 16.7. The van der Waals surface area contributed by atoms with E-state index < -0.39 is 0 Å². The molecule has 0 aliphatic carbocycles. The number of halogens is 1. The Kier molecular flexibility index (Phi) is 4.98. The summed E-state index contributed by atoms with van der Waals surface area (Å²) in [5.41, 5.74) is 3.10. The standard InChI is InChI=1S/C15H18N4O.ClH/c1-19-9-14(18-10-19)15(20)17-8-13-12-5-3-2-4-11(12)6-7-16-13;/h2-5,9-10,13,16H,6-8H2,1H3,(H,17,20);1H. The van der Waals surface area contributed by atoms with Gasteiger partial charge in [0.25, 0.3) is 5.91 Å². The molecular weight excluding hydrogens is 288 g/mol. The third-order valence-corrected chi connectivity index (χ3v) is 3.62. The highest BCUT2D eigenvalue weighted by Crippen LogP contribution is 2.21. The van der Waals surface area contributed by atoms with Crippen LogP contribution in [0.15, 0.2) is 36.8 Å². The Morgan fingerprint density at radius 2 is 2.29 bits per heavy atom. The number of imidazole rings is 1. The fraction of sp³-hybridized carbons (Fsp3) is 0.333. The van der Waals surface area contributed by atoms with Gasteiger partial charge in [-0.15, -0.1) is 12.4 Å². The Labute approximate surface area is 130 Å². The number of hydrogen-bond donors (Lipinski definition) is 2. The number of benzene rings is 1. The SMILES string of the molecule is Cl.Cn1cnc(C(=O)NCC2NCCc3ccccc32)c1. The van der Waals surface area contributed by atoms with Gasteiger partial charge >= 0.3 is 0 Å². The molecule has 2 aromatic rings. The predicted octanol–water partition coefficient (Wildman–Crippen LogP) is 1.46. The maximum Gasteiger partial charge on any atom is 0.271 e. The maximum atomic E-state index is 12.0. The summed E-state index contributed by atoms with van der Waals surface area (Å²) in [6.45, 7) is 1.52. The maximum absolute atomic E-state index is 12.0. The fourth-order valence-corrected chi connectivity index (χ4v) is 2.59. The minimum atomic E-state index is -0.129. The van der Waals surface area contributed by atoms with Crippen LogP contribution >= 0.6 is 12.4 Å². The molecule has 21 heavy (non-hydrogen) atoms. The second kappa shape index (κ2) is 6.74. The molecule has 1 aromatic heterocycles. The number of nitrogens with one attached hydrogen (secondary N) is 2. The molecule has 1 atom stereocenters. The van der Waals surface area contributed by atoms with Crippen LogP contribution < -0.4 is 10.6 Å². The van der Waals surface area contributed by atoms with Crippen molar-refractivity contribution in [2.24, 2.45) is 7.05 Å². The monoisotopic (exact) mass is 306 g/mol. The largest absolute Gasteiger partial charge is 0.349 e. The van der Waals surface area contributed by atoms with Crippen molar-refractivity contribution < 1.29 is 4.79 Å². The van der Waals surface area contributed by atoms with E-state index in [4.69, 9.17) is 0 Å². The highest BCUT2D eigenvalue weighted by Gasteiger charge is 2.20. The molecule has 112 valence electrons. The zero-order valence-corrected chi connectivity index (χ0v) is 12.7. The van der Waals surface area contributed by atoms with Gasteiger partial charge in [-0.25, -0.2) is 4.98 Å². The third-order valence-electron chi connectivity index (χ3n) is 3.62. The van der Waals surface area contributed by atoms with Crippen molar-refractivity contribution in [3.8, 4) is 0 Å². The van der Waals surface area contributed by atoms with Crippen LogP contribution in [0.25, 0.3) is 0 Å². The van der Waals surface area contributed by atoms with E-state index in [1.807, 2.05) is 13.1 Å². The summed E-state index contributed by atoms with van der Waals surface area (Å²) in [5, 5.41) is 6.39. The first-order valence-corrected chi connectivity index (χ1v) is 6.81. The summed E-state index contributed by atoms with van der Waals surface area (Å²) in [7, 11) is 1.85. The van der Waals surface area contributed by atoms with Crippen LogP contribution in [0.5, 0.6) is 0 Å². The lowest BCUT2D eigenvalue weighted by Gasteiger charge is -2.27. The molecule has 1 aromatic carbocycles. The summed E-state index contributed by atoms with van der Waals surface area (Å²) >= 11 is 0. The van der Waals surface area contributed by atoms with Crippen molar-refractivity contribution in [3.63, 3.8) is 0 Å². The minimum absolute atomic E-state index is 0. The molecule has 0 radical (unpaired) electrons. The molecule has 0 saturated carbocycles. The number of aromatic nitrogens is 2. The number of carbonyl (C=O) groups is 1. The number of aryl methyl sites for hydroxylation is 1. The number of rotatable bonds is 3. The van der Waals surface area contributed by atoms with E-state index in [0.29, 0.717) is 12.2 Å². The van der Waals surface area contributed by atoms with Crippen LogP contribution in [0.2, 0.25) is 0 Å². The van der Waals surface area contributed by atoms with Gasteiger partial charge in [0, 0.05) is 25.8 Å². The van der Waals surface area contributed by atoms with Gasteiger partial charge in [0.2, 0.25) is 0 Å². The van der Waals surface area contributed by atoms with E-state index in [1.165, 1.54) is 11.1 Å². The Morgan fingerprint density at radius 3 is 3.05 bits per heavy atom. The average Bonchev–Trinajstić information content (AvgIpc) is 2.91. The number of carbonyl (C=O) groups excluding carboxylic acids is 1. The van der Waals surface area contributed by atoms with Gasteiger partial charge in [-0.2, -0.15) is 0 Å². The fourth-order valence-electron chi connectivity index (χ4n) is 2.59. The molecule has 0 spiro atoms. The van der Waals surface area contributed by atoms with Crippen molar-refractivity contribution in [3.05, 3.63) is 53.6 Å². The number of amides is 1. The van der Waals surface area contributed by atoms with Crippen molar-refractivity contribution in [1.29, 1.82) is 0 Å². The van der Waals surface area contributed by atoms with E-state index in [9.17, 15) is 4.79 Å². The lowest BCUT2D eigenvalue weighted by Crippen LogP contribution is -2.38. The highest BCUT2D eigenvalue weighted by atomic mass is 35.5. The Balaban J connectivity index is 0.00000161. The smallest absolute Gasteiger partial charge is 0.271 e. The first-order chi connectivity index (χ1) is 9.74. The molecule has 1 unspecified atom stereocenters. The molecule has 0 bridgehead atoms. The van der Waals surface area contributed by atoms with E-state index in [-0.39, 0.29) is 24.4 Å². The summed E-state index contributed by atoms with van der Waals surface area (Å²) < 4.78 is 1.77. The molecule has 1 aliphatic heterocycles. The van der Waals surface area contributed by atoms with Gasteiger partial charge in [-0.3, -0.25) is 4.79 Å². The van der Waals surface area contributed by atoms with Gasteiger partial charge in [0.15, 0.2) is 0 Å². The number of fused-ring (bicyclic) bond motifs is 1. The topological polar surface area (TPSA) is 59.0 Å². The lowest BCUT2D eigenvalue weighted by atomic mass is 9.94. The van der Waals surface area contributed by atoms with Crippen LogP contribution in [0.4, 0.5) is 0 Å². The molecule has 1 amide bonds. The van der Waals surface area contributed by atoms with Crippen LogP contribution in [0.3, 0.4) is 0 Å². The zero-order valence-electron chi connectivity index (χ0n) is 11.9. The Morgan fingerprint density at radius 1 is 1.48 bits per heavy atom. The van der Waals surface area contributed by atoms with Gasteiger partial charge < -0.3 is 15.2 Å². The summed E-state index contributed by atoms with van der Waals surface area (Å²) in [5.74, 6) is -0.129. The second-order valence-electron chi connectivity index (χ2n) is 5.09. The first-order valence-electron chi connectivity index (χ1n) is 6.81. The zero-order chi connectivity index (χ0) is 13.9. The number of hydrogen-bond acceptors (Lipinski definition) is 3. The summed E-state index contributed by atoms with van der Waals surface area (Å²) in [6.07, 6.45) is 4.39. The lowest BCUT2D eigenvalue weighted by molar-refractivity contribution is 0.0944. The molecule has 6 heteroatoms. The highest BCUT2D eigenvalue weighted by molar-refractivity contribution is 5.92. The second-order valence-corrected chi connectivity index (χ2v) is 5.09. The average molecular weight is 307 g/mol. The van der Waals surface area contributed by atoms with E-state index in [2.05, 4.69) is 33.8 Å². The van der Waals surface area contributed by atoms with Gasteiger partial charge in [0.1, 0.15) is 5.69 Å². The Hall–Kier alpha value is -1.85. The van der Waals surface area contributed by atoms with Crippen LogP contribution in [0, 0.1) is 0 Å². The van der Waals surface area contributed by atoms with Gasteiger partial charge in [-0.1, -0.05) is 24.3 Å². The van der Waals surface area contributed by atoms with Gasteiger partial charge in [-0.05, 0) is 24.1 Å². The van der Waals surface area contributed by atoms with E-state index >= 15 is 0 Å². The molecule has 5 nitrogen and oxygen atoms in total. The minimum Gasteiger partial charge on any atom is -0.349 e.